The number of nitrogens with one attached hydrogen (secondary N) is 2. The second kappa shape index (κ2) is 9.14. The summed E-state index contributed by atoms with van der Waals surface area (Å²) in [5.74, 6) is -0.239. The number of para-hydroxylation sites is 1. The highest BCUT2D eigenvalue weighted by Gasteiger charge is 2.13. The van der Waals surface area contributed by atoms with Gasteiger partial charge in [-0.2, -0.15) is 10.2 Å². The number of nitrogens with zero attached hydrogens (tertiary/aromatic N) is 6. The van der Waals surface area contributed by atoms with Gasteiger partial charge in [-0.3, -0.25) is 20.3 Å². The average Bonchev–Trinajstić information content (AvgIpc) is 3.41. The van der Waals surface area contributed by atoms with Gasteiger partial charge in [0.05, 0.1) is 16.8 Å². The summed E-state index contributed by atoms with van der Waals surface area (Å²) in [5, 5.41) is 30.9. The third-order valence-corrected chi connectivity index (χ3v) is 4.93. The van der Waals surface area contributed by atoms with E-state index in [2.05, 4.69) is 31.1 Å². The summed E-state index contributed by atoms with van der Waals surface area (Å²) in [6.45, 7) is 1.39. The van der Waals surface area contributed by atoms with E-state index < -0.39 is 4.92 Å². The van der Waals surface area contributed by atoms with Crippen molar-refractivity contribution >= 4 is 39.4 Å². The predicted octanol–water partition coefficient (Wildman–Crippen LogP) is 3.70. The molecule has 0 saturated carbocycles. The Morgan fingerprint density at radius 1 is 1.12 bits per heavy atom. The largest absolute Gasteiger partial charge is 0.301 e. The number of benzene rings is 2. The van der Waals surface area contributed by atoms with Crippen LogP contribution in [0.25, 0.3) is 16.9 Å². The molecular weight excluding hydrogens is 432 g/mol. The van der Waals surface area contributed by atoms with Crippen LogP contribution in [0.5, 0.6) is 0 Å². The Bertz CT molecular complexity index is 1280. The third kappa shape index (κ3) is 4.82. The molecule has 2 aromatic carbocycles. The third-order valence-electron chi connectivity index (χ3n) is 4.19. The number of hydrogen-bond donors (Lipinski definition) is 2. The first-order valence-corrected chi connectivity index (χ1v) is 10.1. The Labute approximate surface area is 185 Å². The summed E-state index contributed by atoms with van der Waals surface area (Å²) in [6, 6.07) is 15.7. The van der Waals surface area contributed by atoms with Gasteiger partial charge < -0.3 is 5.32 Å². The molecule has 1 amide bonds. The molecule has 0 fully saturated rings. The van der Waals surface area contributed by atoms with Crippen LogP contribution in [-0.2, 0) is 4.79 Å². The van der Waals surface area contributed by atoms with Crippen molar-refractivity contribution in [2.75, 3.05) is 10.7 Å². The number of hydrazone groups is 1. The molecule has 160 valence electrons. The summed E-state index contributed by atoms with van der Waals surface area (Å²) in [6.07, 6.45) is 3.38. The van der Waals surface area contributed by atoms with Crippen molar-refractivity contribution in [3.63, 3.8) is 0 Å². The fraction of sp³-hybridized carbons (Fsp3) is 0.0500. The zero-order valence-corrected chi connectivity index (χ0v) is 17.5. The first-order chi connectivity index (χ1) is 15.5. The Balaban J connectivity index is 1.62. The number of rotatable bonds is 7. The summed E-state index contributed by atoms with van der Waals surface area (Å²) >= 11 is 1.14. The number of nitro groups is 1. The zero-order valence-electron chi connectivity index (χ0n) is 16.7. The van der Waals surface area contributed by atoms with E-state index in [0.29, 0.717) is 27.1 Å². The molecule has 0 unspecified atom stereocenters. The number of amides is 1. The van der Waals surface area contributed by atoms with E-state index in [4.69, 9.17) is 0 Å². The quantitative estimate of drug-likeness (QED) is 0.249. The average molecular weight is 448 g/mol. The van der Waals surface area contributed by atoms with Gasteiger partial charge in [-0.1, -0.05) is 29.5 Å². The van der Waals surface area contributed by atoms with Gasteiger partial charge in [0.2, 0.25) is 16.2 Å². The van der Waals surface area contributed by atoms with E-state index in [1.165, 1.54) is 19.1 Å². The standard InChI is InChI=1S/C20H16N8O3S/c1-13(29)22-19-24-25-20(32-19)23-21-11-15-12-27(16-5-3-2-4-6-16)26-18(15)14-7-9-17(10-8-14)28(30)31/h2-12H,1H3,(H,23,25)(H,22,24,29)/b21-11+. The molecule has 0 saturated heterocycles. The van der Waals surface area contributed by atoms with Crippen LogP contribution in [0.4, 0.5) is 16.0 Å². The van der Waals surface area contributed by atoms with Gasteiger partial charge in [-0.15, -0.1) is 10.2 Å². The smallest absolute Gasteiger partial charge is 0.269 e. The van der Waals surface area contributed by atoms with Crippen LogP contribution in [-0.4, -0.2) is 37.0 Å². The van der Waals surface area contributed by atoms with Gasteiger partial charge in [0.1, 0.15) is 5.69 Å². The highest BCUT2D eigenvalue weighted by Crippen LogP contribution is 2.25. The molecule has 11 nitrogen and oxygen atoms in total. The fourth-order valence-corrected chi connectivity index (χ4v) is 3.43. The van der Waals surface area contributed by atoms with Crippen LogP contribution in [0, 0.1) is 10.1 Å². The van der Waals surface area contributed by atoms with Crippen molar-refractivity contribution in [3.8, 4) is 16.9 Å². The maximum Gasteiger partial charge on any atom is 0.269 e. The Morgan fingerprint density at radius 2 is 1.84 bits per heavy atom. The number of aromatic nitrogens is 4. The SMILES string of the molecule is CC(=O)Nc1nnc(N/N=C/c2cn(-c3ccccc3)nc2-c2ccc([N+](=O)[O-])cc2)s1. The molecule has 0 spiro atoms. The van der Waals surface area contributed by atoms with Crippen LogP contribution >= 0.6 is 11.3 Å². The van der Waals surface area contributed by atoms with Crippen LogP contribution in [0.2, 0.25) is 0 Å². The lowest BCUT2D eigenvalue weighted by Gasteiger charge is -2.00. The number of carbonyl (C=O) groups excluding carboxylic acids is 1. The summed E-state index contributed by atoms with van der Waals surface area (Å²) in [5.41, 5.74) is 5.62. The van der Waals surface area contributed by atoms with Crippen molar-refractivity contribution in [2.24, 2.45) is 5.10 Å². The molecular formula is C20H16N8O3S. The van der Waals surface area contributed by atoms with Crippen molar-refractivity contribution < 1.29 is 9.72 Å². The monoisotopic (exact) mass is 448 g/mol. The number of hydrogen-bond acceptors (Lipinski definition) is 9. The van der Waals surface area contributed by atoms with Crippen molar-refractivity contribution in [2.45, 2.75) is 6.92 Å². The molecule has 0 bridgehead atoms. The Morgan fingerprint density at radius 3 is 2.53 bits per heavy atom. The van der Waals surface area contributed by atoms with Gasteiger partial charge in [0.25, 0.3) is 5.69 Å². The lowest BCUT2D eigenvalue weighted by atomic mass is 10.1. The van der Waals surface area contributed by atoms with Crippen molar-refractivity contribution in [1.82, 2.24) is 20.0 Å². The van der Waals surface area contributed by atoms with Gasteiger partial charge in [-0.25, -0.2) is 4.68 Å². The van der Waals surface area contributed by atoms with E-state index in [1.54, 1.807) is 29.2 Å². The highest BCUT2D eigenvalue weighted by atomic mass is 32.1. The minimum Gasteiger partial charge on any atom is -0.301 e. The van der Waals surface area contributed by atoms with E-state index in [9.17, 15) is 14.9 Å². The first kappa shape index (κ1) is 20.8. The molecule has 2 aromatic heterocycles. The number of carbonyl (C=O) groups is 1. The highest BCUT2D eigenvalue weighted by molar-refractivity contribution is 7.19. The number of anilines is 2. The molecule has 0 aliphatic carbocycles. The van der Waals surface area contributed by atoms with Gasteiger partial charge >= 0.3 is 0 Å². The molecule has 0 radical (unpaired) electrons. The maximum absolute atomic E-state index is 11.1. The van der Waals surface area contributed by atoms with E-state index in [-0.39, 0.29) is 11.6 Å². The fourth-order valence-electron chi connectivity index (χ4n) is 2.79. The normalized spacial score (nSPS) is 10.9. The van der Waals surface area contributed by atoms with E-state index >= 15 is 0 Å². The minimum absolute atomic E-state index is 0.000583. The predicted molar refractivity (Wildman–Crippen MR) is 121 cm³/mol. The summed E-state index contributed by atoms with van der Waals surface area (Å²) < 4.78 is 1.71. The second-order valence-electron chi connectivity index (χ2n) is 6.48. The molecule has 32 heavy (non-hydrogen) atoms. The molecule has 2 heterocycles. The molecule has 12 heteroatoms. The van der Waals surface area contributed by atoms with Crippen molar-refractivity contribution in [3.05, 3.63) is 76.5 Å². The summed E-state index contributed by atoms with van der Waals surface area (Å²) in [4.78, 5) is 21.6. The second-order valence-corrected chi connectivity index (χ2v) is 7.46. The van der Waals surface area contributed by atoms with Gasteiger partial charge in [-0.05, 0) is 24.3 Å². The topological polar surface area (TPSA) is 140 Å². The van der Waals surface area contributed by atoms with Crippen LogP contribution < -0.4 is 10.7 Å². The maximum atomic E-state index is 11.1. The van der Waals surface area contributed by atoms with Gasteiger partial charge in [0, 0.05) is 36.4 Å². The summed E-state index contributed by atoms with van der Waals surface area (Å²) in [7, 11) is 0. The van der Waals surface area contributed by atoms with E-state index in [1.807, 2.05) is 30.3 Å². The minimum atomic E-state index is -0.448. The lowest BCUT2D eigenvalue weighted by Crippen LogP contribution is -2.04. The number of non-ortho nitro benzene ring substituents is 1. The molecule has 0 aliphatic heterocycles. The zero-order chi connectivity index (χ0) is 22.5. The van der Waals surface area contributed by atoms with Crippen LogP contribution in [0.3, 0.4) is 0 Å². The van der Waals surface area contributed by atoms with Crippen LogP contribution in [0.15, 0.2) is 65.9 Å². The Kier molecular flexibility index (Phi) is 5.94. The first-order valence-electron chi connectivity index (χ1n) is 9.29. The number of nitro benzene ring substituents is 1. The lowest BCUT2D eigenvalue weighted by molar-refractivity contribution is -0.384. The van der Waals surface area contributed by atoms with Gasteiger partial charge in [0.15, 0.2) is 0 Å². The Hall–Kier alpha value is -4.45. The van der Waals surface area contributed by atoms with Crippen LogP contribution in [0.1, 0.15) is 12.5 Å². The molecule has 4 aromatic rings. The molecule has 0 aliphatic rings. The molecule has 2 N–H and O–H groups in total. The van der Waals surface area contributed by atoms with E-state index in [0.717, 1.165) is 17.0 Å². The molecule has 4 rings (SSSR count). The molecule has 0 atom stereocenters. The van der Waals surface area contributed by atoms with Crippen molar-refractivity contribution in [1.29, 1.82) is 0 Å².